The molecule has 100 valence electrons. The Kier molecular flexibility index (Phi) is 6.00. The van der Waals surface area contributed by atoms with E-state index in [-0.39, 0.29) is 6.42 Å². The fourth-order valence-corrected chi connectivity index (χ4v) is 1.67. The zero-order chi connectivity index (χ0) is 13.4. The molecule has 0 aliphatic carbocycles. The van der Waals surface area contributed by atoms with Gasteiger partial charge in [-0.1, -0.05) is 6.07 Å². The molecule has 0 atom stereocenters. The van der Waals surface area contributed by atoms with E-state index in [1.807, 2.05) is 23.5 Å². The number of quaternary nitrogens is 1. The summed E-state index contributed by atoms with van der Waals surface area (Å²) in [7, 11) is 3.21. The molecule has 5 nitrogen and oxygen atoms in total. The topological polar surface area (TPSA) is 75.2 Å². The normalized spacial score (nSPS) is 10.1. The van der Waals surface area contributed by atoms with Gasteiger partial charge in [-0.05, 0) is 17.7 Å². The van der Waals surface area contributed by atoms with Gasteiger partial charge in [0.05, 0.1) is 27.3 Å². The Hall–Kier alpha value is -1.75. The van der Waals surface area contributed by atoms with Crippen molar-refractivity contribution in [2.45, 2.75) is 12.8 Å². The number of hydrogen-bond acceptors (Lipinski definition) is 4. The monoisotopic (exact) mass is 253 g/mol. The molecule has 0 unspecified atom stereocenters. The first kappa shape index (κ1) is 14.3. The molecule has 5 heteroatoms. The van der Waals surface area contributed by atoms with Crippen LogP contribution in [0.5, 0.6) is 11.5 Å². The summed E-state index contributed by atoms with van der Waals surface area (Å²) in [5.41, 5.74) is 1.14. The number of nitrogens with two attached hydrogens (primary N) is 1. The summed E-state index contributed by atoms with van der Waals surface area (Å²) in [6.45, 7) is 1.39. The largest absolute Gasteiger partial charge is 0.550 e. The maximum atomic E-state index is 10.2. The van der Waals surface area contributed by atoms with Crippen molar-refractivity contribution in [1.29, 1.82) is 0 Å². The first-order valence-corrected chi connectivity index (χ1v) is 5.89. The van der Waals surface area contributed by atoms with Crippen molar-refractivity contribution in [3.05, 3.63) is 23.8 Å². The second-order valence-corrected chi connectivity index (χ2v) is 3.93. The smallest absolute Gasteiger partial charge is 0.160 e. The number of carbonyl (C=O) groups excluding carboxylic acids is 1. The third kappa shape index (κ3) is 4.63. The highest BCUT2D eigenvalue weighted by atomic mass is 16.5. The first-order valence-electron chi connectivity index (χ1n) is 5.89. The molecule has 2 N–H and O–H groups in total. The van der Waals surface area contributed by atoms with Crippen LogP contribution in [0.4, 0.5) is 0 Å². The summed E-state index contributed by atoms with van der Waals surface area (Å²) in [5.74, 6) is 0.421. The molecule has 0 aromatic heterocycles. The van der Waals surface area contributed by atoms with Gasteiger partial charge in [-0.25, -0.2) is 0 Å². The Morgan fingerprint density at radius 2 is 1.94 bits per heavy atom. The van der Waals surface area contributed by atoms with E-state index < -0.39 is 5.97 Å². The number of carbonyl (C=O) groups is 1. The fourth-order valence-electron chi connectivity index (χ4n) is 1.67. The van der Waals surface area contributed by atoms with E-state index in [1.54, 1.807) is 14.2 Å². The SMILES string of the molecule is COc1ccc(CC[NH2+]CCC(=O)[O-])cc1OC. The fraction of sp³-hybridized carbons (Fsp3) is 0.462. The Morgan fingerprint density at radius 1 is 1.22 bits per heavy atom. The predicted octanol–water partition coefficient (Wildman–Crippen LogP) is -1.05. The third-order valence-electron chi connectivity index (χ3n) is 2.64. The molecular formula is C13H19NO4. The van der Waals surface area contributed by atoms with Crippen molar-refractivity contribution in [2.24, 2.45) is 0 Å². The zero-order valence-corrected chi connectivity index (χ0v) is 10.8. The summed E-state index contributed by atoms with van der Waals surface area (Å²) in [4.78, 5) is 10.2. The summed E-state index contributed by atoms with van der Waals surface area (Å²) in [5, 5.41) is 12.2. The Balaban J connectivity index is 2.40. The van der Waals surface area contributed by atoms with Crippen molar-refractivity contribution in [3.63, 3.8) is 0 Å². The summed E-state index contributed by atoms with van der Waals surface area (Å²) in [6.07, 6.45) is 0.944. The lowest BCUT2D eigenvalue weighted by Gasteiger charge is -2.09. The predicted molar refractivity (Wildman–Crippen MR) is 64.5 cm³/mol. The van der Waals surface area contributed by atoms with Gasteiger partial charge < -0.3 is 24.7 Å². The lowest BCUT2D eigenvalue weighted by atomic mass is 10.1. The third-order valence-corrected chi connectivity index (χ3v) is 2.64. The Labute approximate surface area is 107 Å². The number of benzene rings is 1. The maximum absolute atomic E-state index is 10.2. The molecule has 1 rings (SSSR count). The van der Waals surface area contributed by atoms with Crippen LogP contribution >= 0.6 is 0 Å². The highest BCUT2D eigenvalue weighted by Crippen LogP contribution is 2.27. The number of carboxylic acid groups (broad SMARTS) is 1. The van der Waals surface area contributed by atoms with Gasteiger partial charge in [0.2, 0.25) is 0 Å². The Bertz CT molecular complexity index is 393. The average Bonchev–Trinajstić information content (AvgIpc) is 2.37. The summed E-state index contributed by atoms with van der Waals surface area (Å²) >= 11 is 0. The number of methoxy groups -OCH3 is 2. The number of hydrogen-bond donors (Lipinski definition) is 1. The molecule has 0 saturated heterocycles. The number of ether oxygens (including phenoxy) is 2. The number of aliphatic carboxylic acids is 1. The van der Waals surface area contributed by atoms with E-state index in [0.717, 1.165) is 18.5 Å². The van der Waals surface area contributed by atoms with Crippen molar-refractivity contribution in [2.75, 3.05) is 27.3 Å². The molecule has 18 heavy (non-hydrogen) atoms. The highest BCUT2D eigenvalue weighted by molar-refractivity contribution is 5.64. The van der Waals surface area contributed by atoms with Gasteiger partial charge in [0.1, 0.15) is 0 Å². The minimum Gasteiger partial charge on any atom is -0.550 e. The van der Waals surface area contributed by atoms with E-state index in [1.165, 1.54) is 0 Å². The van der Waals surface area contributed by atoms with Crippen molar-refractivity contribution in [3.8, 4) is 11.5 Å². The molecule has 1 aromatic rings. The minimum absolute atomic E-state index is 0.0892. The molecule has 0 heterocycles. The Morgan fingerprint density at radius 3 is 2.56 bits per heavy atom. The van der Waals surface area contributed by atoms with Gasteiger partial charge in [-0.15, -0.1) is 0 Å². The molecule has 0 bridgehead atoms. The maximum Gasteiger partial charge on any atom is 0.160 e. The number of rotatable bonds is 8. The zero-order valence-electron chi connectivity index (χ0n) is 10.8. The van der Waals surface area contributed by atoms with Gasteiger partial charge in [-0.3, -0.25) is 0 Å². The molecular weight excluding hydrogens is 234 g/mol. The molecule has 0 saturated carbocycles. The van der Waals surface area contributed by atoms with Crippen LogP contribution in [0.3, 0.4) is 0 Å². The first-order chi connectivity index (χ1) is 8.67. The number of carboxylic acids is 1. The lowest BCUT2D eigenvalue weighted by molar-refractivity contribution is -0.653. The molecule has 0 amide bonds. The highest BCUT2D eigenvalue weighted by Gasteiger charge is 2.04. The van der Waals surface area contributed by atoms with E-state index in [0.29, 0.717) is 18.0 Å². The van der Waals surface area contributed by atoms with Crippen molar-refractivity contribution < 1.29 is 24.7 Å². The molecule has 0 aliphatic rings. The van der Waals surface area contributed by atoms with E-state index >= 15 is 0 Å². The summed E-state index contributed by atoms with van der Waals surface area (Å²) in [6, 6.07) is 5.79. The molecule has 0 aliphatic heterocycles. The molecule has 0 fully saturated rings. The van der Waals surface area contributed by atoms with Crippen molar-refractivity contribution >= 4 is 5.97 Å². The lowest BCUT2D eigenvalue weighted by Crippen LogP contribution is -2.85. The van der Waals surface area contributed by atoms with Crippen LogP contribution < -0.4 is 19.9 Å². The summed E-state index contributed by atoms with van der Waals surface area (Å²) < 4.78 is 10.4. The van der Waals surface area contributed by atoms with Crippen molar-refractivity contribution in [1.82, 2.24) is 0 Å². The van der Waals surface area contributed by atoms with Crippen LogP contribution in [0.1, 0.15) is 12.0 Å². The second-order valence-electron chi connectivity index (χ2n) is 3.93. The van der Waals surface area contributed by atoms with Gasteiger partial charge in [0, 0.05) is 18.8 Å². The van der Waals surface area contributed by atoms with Gasteiger partial charge in [0.25, 0.3) is 0 Å². The quantitative estimate of drug-likeness (QED) is 0.600. The van der Waals surface area contributed by atoms with E-state index in [2.05, 4.69) is 0 Å². The van der Waals surface area contributed by atoms with Gasteiger partial charge in [-0.2, -0.15) is 0 Å². The van der Waals surface area contributed by atoms with Crippen LogP contribution in [0, 0.1) is 0 Å². The van der Waals surface area contributed by atoms with Gasteiger partial charge >= 0.3 is 0 Å². The molecule has 0 radical (unpaired) electrons. The van der Waals surface area contributed by atoms with Crippen LogP contribution in [0.2, 0.25) is 0 Å². The minimum atomic E-state index is -1.00. The van der Waals surface area contributed by atoms with Crippen LogP contribution in [-0.2, 0) is 11.2 Å². The van der Waals surface area contributed by atoms with Crippen LogP contribution in [-0.4, -0.2) is 33.3 Å². The van der Waals surface area contributed by atoms with Crippen LogP contribution in [0.25, 0.3) is 0 Å². The molecule has 0 spiro atoms. The second kappa shape index (κ2) is 7.55. The van der Waals surface area contributed by atoms with E-state index in [9.17, 15) is 9.90 Å². The van der Waals surface area contributed by atoms with E-state index in [4.69, 9.17) is 9.47 Å². The standard InChI is InChI=1S/C13H19NO4/c1-17-11-4-3-10(9-12(11)18-2)5-7-14-8-6-13(15)16/h3-4,9,14H,5-8H2,1-2H3,(H,15,16). The van der Waals surface area contributed by atoms with Gasteiger partial charge in [0.15, 0.2) is 11.5 Å². The molecule has 1 aromatic carbocycles. The average molecular weight is 253 g/mol. The van der Waals surface area contributed by atoms with Crippen LogP contribution in [0.15, 0.2) is 18.2 Å².